The number of hydrogen-bond donors (Lipinski definition) is 0. The van der Waals surface area contributed by atoms with Gasteiger partial charge in [0, 0.05) is 18.9 Å². The van der Waals surface area contributed by atoms with E-state index >= 15 is 0 Å². The van der Waals surface area contributed by atoms with Gasteiger partial charge in [-0.1, -0.05) is 38.5 Å². The molecule has 3 nitrogen and oxygen atoms in total. The Bertz CT molecular complexity index is 1050. The predicted molar refractivity (Wildman–Crippen MR) is 136 cm³/mol. The lowest BCUT2D eigenvalue weighted by atomic mass is 9.52. The van der Waals surface area contributed by atoms with Crippen LogP contribution in [0.1, 0.15) is 87.0 Å². The SMILES string of the molecule is CCCCOc1ccc(C[C@]2(OC)CCC3C4CCc5cc(C#N)ccc5C4CC[C@@]32C)cc1. The van der Waals surface area contributed by atoms with Crippen molar-refractivity contribution in [3.63, 3.8) is 0 Å². The van der Waals surface area contributed by atoms with E-state index in [2.05, 4.69) is 56.3 Å². The van der Waals surface area contributed by atoms with Crippen molar-refractivity contribution in [3.05, 3.63) is 64.7 Å². The van der Waals surface area contributed by atoms with Crippen LogP contribution in [0.5, 0.6) is 5.75 Å². The molecule has 0 bridgehead atoms. The minimum Gasteiger partial charge on any atom is -0.494 e. The molecule has 0 aromatic heterocycles. The lowest BCUT2D eigenvalue weighted by molar-refractivity contribution is -0.125. The van der Waals surface area contributed by atoms with Gasteiger partial charge < -0.3 is 9.47 Å². The molecule has 3 aliphatic rings. The standard InChI is InChI=1S/C31H39NO2/c1-4-5-18-34-25-10-6-22(7-11-25)20-31(33-3)17-15-29-28-13-9-24-19-23(21-32)8-12-26(24)27(28)14-16-30(29,31)2/h6-8,10-12,19,27-29H,4-5,9,13-18,20H2,1-3H3/t27?,28?,29?,30-,31+/m0/s1. The molecule has 180 valence electrons. The Labute approximate surface area is 205 Å². The van der Waals surface area contributed by atoms with Crippen molar-refractivity contribution in [2.45, 2.75) is 83.2 Å². The number of hydrogen-bond acceptors (Lipinski definition) is 3. The van der Waals surface area contributed by atoms with Crippen molar-refractivity contribution < 1.29 is 9.47 Å². The zero-order valence-electron chi connectivity index (χ0n) is 21.1. The first-order chi connectivity index (χ1) is 16.5. The molecule has 2 aromatic rings. The van der Waals surface area contributed by atoms with Gasteiger partial charge in [-0.2, -0.15) is 5.26 Å². The molecule has 0 N–H and O–H groups in total. The number of fused-ring (bicyclic) bond motifs is 5. The smallest absolute Gasteiger partial charge is 0.119 e. The number of nitriles is 1. The monoisotopic (exact) mass is 457 g/mol. The van der Waals surface area contributed by atoms with Crippen molar-refractivity contribution in [1.82, 2.24) is 0 Å². The second kappa shape index (κ2) is 9.38. The lowest BCUT2D eigenvalue weighted by Crippen LogP contribution is -2.53. The fourth-order valence-electron chi connectivity index (χ4n) is 7.81. The molecule has 2 saturated carbocycles. The van der Waals surface area contributed by atoms with E-state index < -0.39 is 0 Å². The van der Waals surface area contributed by atoms with Gasteiger partial charge in [0.05, 0.1) is 23.8 Å². The molecular formula is C31H39NO2. The molecule has 2 fully saturated rings. The highest BCUT2D eigenvalue weighted by molar-refractivity contribution is 5.42. The summed E-state index contributed by atoms with van der Waals surface area (Å²) in [6.07, 6.45) is 10.4. The maximum absolute atomic E-state index is 9.33. The maximum Gasteiger partial charge on any atom is 0.119 e. The number of rotatable bonds is 7. The number of methoxy groups -OCH3 is 1. The van der Waals surface area contributed by atoms with Gasteiger partial charge in [0.2, 0.25) is 0 Å². The third kappa shape index (κ3) is 3.85. The van der Waals surface area contributed by atoms with Gasteiger partial charge in [0.25, 0.3) is 0 Å². The second-order valence-corrected chi connectivity index (χ2v) is 11.2. The quantitative estimate of drug-likeness (QED) is 0.412. The van der Waals surface area contributed by atoms with Gasteiger partial charge in [-0.3, -0.25) is 0 Å². The zero-order valence-corrected chi connectivity index (χ0v) is 21.1. The minimum absolute atomic E-state index is 0.0990. The van der Waals surface area contributed by atoms with Crippen LogP contribution in [-0.4, -0.2) is 19.3 Å². The van der Waals surface area contributed by atoms with E-state index in [4.69, 9.17) is 9.47 Å². The molecule has 34 heavy (non-hydrogen) atoms. The molecule has 2 aromatic carbocycles. The summed E-state index contributed by atoms with van der Waals surface area (Å²) in [5.74, 6) is 3.04. The van der Waals surface area contributed by atoms with Gasteiger partial charge in [0.1, 0.15) is 5.75 Å². The van der Waals surface area contributed by atoms with Crippen LogP contribution in [0, 0.1) is 28.6 Å². The van der Waals surface area contributed by atoms with E-state index in [0.717, 1.165) is 55.9 Å². The summed E-state index contributed by atoms with van der Waals surface area (Å²) in [4.78, 5) is 0. The average Bonchev–Trinajstić information content (AvgIpc) is 3.17. The molecule has 3 aliphatic carbocycles. The Kier molecular flexibility index (Phi) is 6.47. The van der Waals surface area contributed by atoms with Gasteiger partial charge in [-0.05, 0) is 104 Å². The Balaban J connectivity index is 1.35. The van der Waals surface area contributed by atoms with Crippen molar-refractivity contribution in [2.24, 2.45) is 17.3 Å². The van der Waals surface area contributed by atoms with Crippen LogP contribution < -0.4 is 4.74 Å². The first-order valence-electron chi connectivity index (χ1n) is 13.3. The van der Waals surface area contributed by atoms with Gasteiger partial charge in [0.15, 0.2) is 0 Å². The molecule has 5 rings (SSSR count). The Hall–Kier alpha value is -2.31. The molecule has 3 heteroatoms. The van der Waals surface area contributed by atoms with E-state index in [1.807, 2.05) is 13.2 Å². The van der Waals surface area contributed by atoms with E-state index in [1.54, 1.807) is 0 Å². The first kappa shape index (κ1) is 23.4. The molecule has 3 unspecified atom stereocenters. The molecule has 0 radical (unpaired) electrons. The van der Waals surface area contributed by atoms with Crippen LogP contribution in [-0.2, 0) is 17.6 Å². The molecule has 0 heterocycles. The first-order valence-corrected chi connectivity index (χ1v) is 13.3. The summed E-state index contributed by atoms with van der Waals surface area (Å²) in [6, 6.07) is 17.5. The molecule has 0 amide bonds. The summed E-state index contributed by atoms with van der Waals surface area (Å²) in [6.45, 7) is 5.51. The van der Waals surface area contributed by atoms with E-state index in [1.165, 1.54) is 42.4 Å². The highest BCUT2D eigenvalue weighted by atomic mass is 16.5. The van der Waals surface area contributed by atoms with Crippen molar-refractivity contribution in [1.29, 1.82) is 5.26 Å². The van der Waals surface area contributed by atoms with E-state index in [9.17, 15) is 5.26 Å². The third-order valence-corrected chi connectivity index (χ3v) is 9.72. The van der Waals surface area contributed by atoms with Crippen molar-refractivity contribution >= 4 is 0 Å². The second-order valence-electron chi connectivity index (χ2n) is 11.2. The fourth-order valence-corrected chi connectivity index (χ4v) is 7.81. The lowest BCUT2D eigenvalue weighted by Gasteiger charge is -2.54. The van der Waals surface area contributed by atoms with E-state index in [-0.39, 0.29) is 11.0 Å². The van der Waals surface area contributed by atoms with Crippen LogP contribution in [0.25, 0.3) is 0 Å². The van der Waals surface area contributed by atoms with Crippen molar-refractivity contribution in [3.8, 4) is 11.8 Å². The summed E-state index contributed by atoms with van der Waals surface area (Å²) >= 11 is 0. The summed E-state index contributed by atoms with van der Waals surface area (Å²) < 4.78 is 12.4. The van der Waals surface area contributed by atoms with Crippen LogP contribution in [0.4, 0.5) is 0 Å². The summed E-state index contributed by atoms with van der Waals surface area (Å²) in [5.41, 5.74) is 5.19. The molecular weight excluding hydrogens is 418 g/mol. The number of ether oxygens (including phenoxy) is 2. The van der Waals surface area contributed by atoms with Crippen LogP contribution in [0.15, 0.2) is 42.5 Å². The fraction of sp³-hybridized carbons (Fsp3) is 0.581. The highest BCUT2D eigenvalue weighted by Gasteiger charge is 2.62. The van der Waals surface area contributed by atoms with E-state index in [0.29, 0.717) is 11.8 Å². The Morgan fingerprint density at radius 1 is 1.06 bits per heavy atom. The van der Waals surface area contributed by atoms with Gasteiger partial charge >= 0.3 is 0 Å². The third-order valence-electron chi connectivity index (χ3n) is 9.72. The number of benzene rings is 2. The number of nitrogens with zero attached hydrogens (tertiary/aromatic N) is 1. The van der Waals surface area contributed by atoms with Gasteiger partial charge in [-0.25, -0.2) is 0 Å². The van der Waals surface area contributed by atoms with Gasteiger partial charge in [-0.15, -0.1) is 0 Å². The Morgan fingerprint density at radius 3 is 2.62 bits per heavy atom. The number of unbranched alkanes of at least 4 members (excludes halogenated alkanes) is 1. The molecule has 0 aliphatic heterocycles. The maximum atomic E-state index is 9.33. The topological polar surface area (TPSA) is 42.2 Å². The summed E-state index contributed by atoms with van der Waals surface area (Å²) in [7, 11) is 1.95. The largest absolute Gasteiger partial charge is 0.494 e. The zero-order chi connectivity index (χ0) is 23.8. The predicted octanol–water partition coefficient (Wildman–Crippen LogP) is 7.22. The normalized spacial score (nSPS) is 31.8. The molecule has 0 spiro atoms. The summed E-state index contributed by atoms with van der Waals surface area (Å²) in [5, 5.41) is 9.33. The molecule has 5 atom stereocenters. The Morgan fingerprint density at radius 2 is 1.88 bits per heavy atom. The molecule has 0 saturated heterocycles. The minimum atomic E-state index is -0.0990. The van der Waals surface area contributed by atoms with Crippen LogP contribution in [0.3, 0.4) is 0 Å². The highest BCUT2D eigenvalue weighted by Crippen LogP contribution is 2.65. The van der Waals surface area contributed by atoms with Crippen LogP contribution in [0.2, 0.25) is 0 Å². The average molecular weight is 458 g/mol. The van der Waals surface area contributed by atoms with Crippen LogP contribution >= 0.6 is 0 Å². The number of aryl methyl sites for hydroxylation is 1. The van der Waals surface area contributed by atoms with Crippen molar-refractivity contribution in [2.75, 3.05) is 13.7 Å².